The molecule has 0 aliphatic carbocycles. The largest absolute Gasteiger partial charge is 0.493 e. The van der Waals surface area contributed by atoms with Crippen LogP contribution in [0.2, 0.25) is 0 Å². The lowest BCUT2D eigenvalue weighted by atomic mass is 10.1. The molecule has 2 aromatic carbocycles. The minimum atomic E-state index is -1.27. The van der Waals surface area contributed by atoms with Crippen LogP contribution in [0.1, 0.15) is 23.0 Å². The van der Waals surface area contributed by atoms with Crippen molar-refractivity contribution in [3.8, 4) is 17.1 Å². The second-order valence-electron chi connectivity index (χ2n) is 5.81. The molecule has 0 atom stereocenters. The Hall–Kier alpha value is -3.80. The molecule has 2 N–H and O–H groups in total. The van der Waals surface area contributed by atoms with Gasteiger partial charge >= 0.3 is 5.97 Å². The first kappa shape index (κ1) is 19.0. The molecule has 0 radical (unpaired) electrons. The number of benzene rings is 2. The van der Waals surface area contributed by atoms with Crippen LogP contribution in [0.3, 0.4) is 0 Å². The van der Waals surface area contributed by atoms with Gasteiger partial charge in [-0.1, -0.05) is 30.3 Å². The first-order chi connectivity index (χ1) is 13.6. The number of furan rings is 1. The van der Waals surface area contributed by atoms with Gasteiger partial charge in [-0.3, -0.25) is 4.79 Å². The fourth-order valence-corrected chi connectivity index (χ4v) is 2.60. The Morgan fingerprint density at radius 3 is 2.46 bits per heavy atom. The fraction of sp³-hybridized carbons (Fsp3) is 0.0909. The molecule has 6 heteroatoms. The Labute approximate surface area is 162 Å². The number of para-hydroxylation sites is 1. The van der Waals surface area contributed by atoms with Crippen LogP contribution in [0.15, 0.2) is 76.8 Å². The summed E-state index contributed by atoms with van der Waals surface area (Å²) >= 11 is 0. The van der Waals surface area contributed by atoms with E-state index in [-0.39, 0.29) is 5.70 Å². The van der Waals surface area contributed by atoms with Crippen LogP contribution in [-0.2, 0) is 4.79 Å². The molecule has 0 aliphatic rings. The molecule has 0 saturated heterocycles. The fourth-order valence-electron chi connectivity index (χ4n) is 2.60. The predicted octanol–water partition coefficient (Wildman–Crippen LogP) is 4.20. The number of carboxylic acids is 1. The van der Waals surface area contributed by atoms with Gasteiger partial charge in [0, 0.05) is 11.6 Å². The van der Waals surface area contributed by atoms with Gasteiger partial charge in [0.1, 0.15) is 23.0 Å². The maximum Gasteiger partial charge on any atom is 0.352 e. The van der Waals surface area contributed by atoms with Crippen LogP contribution in [0.5, 0.6) is 5.75 Å². The van der Waals surface area contributed by atoms with Crippen molar-refractivity contribution in [1.82, 2.24) is 5.32 Å². The summed E-state index contributed by atoms with van der Waals surface area (Å²) in [7, 11) is 0. The van der Waals surface area contributed by atoms with Gasteiger partial charge in [0.05, 0.1) is 12.2 Å². The molecule has 28 heavy (non-hydrogen) atoms. The third-order valence-electron chi connectivity index (χ3n) is 3.88. The van der Waals surface area contributed by atoms with Gasteiger partial charge in [-0.25, -0.2) is 4.79 Å². The smallest absolute Gasteiger partial charge is 0.352 e. The van der Waals surface area contributed by atoms with Gasteiger partial charge < -0.3 is 19.6 Å². The summed E-state index contributed by atoms with van der Waals surface area (Å²) in [5.41, 5.74) is 0.836. The van der Waals surface area contributed by atoms with E-state index in [2.05, 4.69) is 5.32 Å². The predicted molar refractivity (Wildman–Crippen MR) is 105 cm³/mol. The highest BCUT2D eigenvalue weighted by Crippen LogP contribution is 2.31. The van der Waals surface area contributed by atoms with E-state index in [1.165, 1.54) is 6.08 Å². The number of ether oxygens (including phenoxy) is 1. The number of hydrogen-bond donors (Lipinski definition) is 2. The molecule has 1 amide bonds. The van der Waals surface area contributed by atoms with Crippen molar-refractivity contribution in [2.24, 2.45) is 0 Å². The topological polar surface area (TPSA) is 88.8 Å². The molecule has 6 nitrogen and oxygen atoms in total. The summed E-state index contributed by atoms with van der Waals surface area (Å²) in [6.07, 6.45) is 1.27. The van der Waals surface area contributed by atoms with Crippen molar-refractivity contribution < 1.29 is 23.8 Å². The average molecular weight is 377 g/mol. The molecule has 1 aromatic heterocycles. The third-order valence-corrected chi connectivity index (χ3v) is 3.88. The minimum absolute atomic E-state index is 0.284. The van der Waals surface area contributed by atoms with Crippen molar-refractivity contribution in [1.29, 1.82) is 0 Å². The van der Waals surface area contributed by atoms with Gasteiger partial charge in [0.2, 0.25) is 0 Å². The highest BCUT2D eigenvalue weighted by molar-refractivity contribution is 6.02. The SMILES string of the molecule is CCOc1ccccc1-c1ccc(/C=C(\NC(=O)c2ccccc2)C(=O)O)o1. The van der Waals surface area contributed by atoms with Gasteiger partial charge in [0.25, 0.3) is 5.91 Å². The average Bonchev–Trinajstić information content (AvgIpc) is 3.17. The summed E-state index contributed by atoms with van der Waals surface area (Å²) < 4.78 is 11.3. The molecular weight excluding hydrogens is 358 g/mol. The quantitative estimate of drug-likeness (QED) is 0.603. The summed E-state index contributed by atoms with van der Waals surface area (Å²) in [5.74, 6) is -0.271. The molecule has 3 rings (SSSR count). The van der Waals surface area contributed by atoms with Gasteiger partial charge in [-0.15, -0.1) is 0 Å². The Bertz CT molecular complexity index is 1000. The van der Waals surface area contributed by atoms with Crippen molar-refractivity contribution in [2.75, 3.05) is 6.61 Å². The molecule has 0 saturated carbocycles. The van der Waals surface area contributed by atoms with E-state index < -0.39 is 11.9 Å². The van der Waals surface area contributed by atoms with Crippen LogP contribution in [-0.4, -0.2) is 23.6 Å². The number of rotatable bonds is 7. The van der Waals surface area contributed by atoms with E-state index in [1.54, 1.807) is 42.5 Å². The second kappa shape index (κ2) is 8.73. The van der Waals surface area contributed by atoms with Crippen molar-refractivity contribution in [3.05, 3.63) is 83.8 Å². The monoisotopic (exact) mass is 377 g/mol. The van der Waals surface area contributed by atoms with Crippen LogP contribution in [0.4, 0.5) is 0 Å². The normalized spacial score (nSPS) is 11.1. The first-order valence-electron chi connectivity index (χ1n) is 8.72. The minimum Gasteiger partial charge on any atom is -0.493 e. The van der Waals surface area contributed by atoms with Crippen LogP contribution in [0.25, 0.3) is 17.4 Å². The van der Waals surface area contributed by atoms with Crippen molar-refractivity contribution in [3.63, 3.8) is 0 Å². The van der Waals surface area contributed by atoms with Crippen LogP contribution in [0, 0.1) is 0 Å². The van der Waals surface area contributed by atoms with Crippen molar-refractivity contribution >= 4 is 18.0 Å². The Morgan fingerprint density at radius 2 is 1.75 bits per heavy atom. The third kappa shape index (κ3) is 4.48. The summed E-state index contributed by atoms with van der Waals surface area (Å²) in [6.45, 7) is 2.40. The number of nitrogens with one attached hydrogen (secondary N) is 1. The zero-order valence-corrected chi connectivity index (χ0v) is 15.2. The Balaban J connectivity index is 1.85. The summed E-state index contributed by atoms with van der Waals surface area (Å²) in [5, 5.41) is 11.8. The molecule has 0 fully saturated rings. The van der Waals surface area contributed by atoms with Crippen LogP contribution >= 0.6 is 0 Å². The van der Waals surface area contributed by atoms with Crippen molar-refractivity contribution in [2.45, 2.75) is 6.92 Å². The number of amides is 1. The number of aliphatic carboxylic acids is 1. The van der Waals surface area contributed by atoms with E-state index in [4.69, 9.17) is 9.15 Å². The lowest BCUT2D eigenvalue weighted by molar-refractivity contribution is -0.132. The number of carbonyl (C=O) groups excluding carboxylic acids is 1. The summed E-state index contributed by atoms with van der Waals surface area (Å²) in [6, 6.07) is 19.1. The standard InChI is InChI=1S/C22H19NO5/c1-2-27-19-11-7-6-10-17(19)20-13-12-16(28-20)14-18(22(25)26)23-21(24)15-8-4-3-5-9-15/h3-14H,2H2,1H3,(H,23,24)(H,25,26)/b18-14-. The molecule has 0 bridgehead atoms. The first-order valence-corrected chi connectivity index (χ1v) is 8.72. The molecule has 0 spiro atoms. The maximum absolute atomic E-state index is 12.2. The lowest BCUT2D eigenvalue weighted by Crippen LogP contribution is -2.27. The molecule has 0 unspecified atom stereocenters. The molecule has 0 aliphatic heterocycles. The van der Waals surface area contributed by atoms with Gasteiger partial charge in [-0.05, 0) is 43.3 Å². The zero-order valence-electron chi connectivity index (χ0n) is 15.2. The number of carboxylic acid groups (broad SMARTS) is 1. The molecule has 142 valence electrons. The molecule has 3 aromatic rings. The number of carbonyl (C=O) groups is 2. The second-order valence-corrected chi connectivity index (χ2v) is 5.81. The van der Waals surface area contributed by atoms with Gasteiger partial charge in [0.15, 0.2) is 0 Å². The maximum atomic E-state index is 12.2. The summed E-state index contributed by atoms with van der Waals surface area (Å²) in [4.78, 5) is 23.8. The Morgan fingerprint density at radius 1 is 1.04 bits per heavy atom. The number of hydrogen-bond acceptors (Lipinski definition) is 4. The van der Waals surface area contributed by atoms with E-state index in [9.17, 15) is 14.7 Å². The zero-order chi connectivity index (χ0) is 19.9. The van der Waals surface area contributed by atoms with E-state index in [0.29, 0.717) is 29.4 Å². The lowest BCUT2D eigenvalue weighted by Gasteiger charge is -2.07. The van der Waals surface area contributed by atoms with E-state index in [0.717, 1.165) is 5.56 Å². The van der Waals surface area contributed by atoms with Gasteiger partial charge in [-0.2, -0.15) is 0 Å². The Kier molecular flexibility index (Phi) is 5.91. The van der Waals surface area contributed by atoms with E-state index in [1.807, 2.05) is 31.2 Å². The highest BCUT2D eigenvalue weighted by Gasteiger charge is 2.15. The van der Waals surface area contributed by atoms with Crippen LogP contribution < -0.4 is 10.1 Å². The molecule has 1 heterocycles. The molecular formula is C22H19NO5. The highest BCUT2D eigenvalue weighted by atomic mass is 16.5. The van der Waals surface area contributed by atoms with E-state index >= 15 is 0 Å².